The molecule has 33 heavy (non-hydrogen) atoms. The van der Waals surface area contributed by atoms with Crippen LogP contribution in [-0.4, -0.2) is 47.2 Å². The average molecular weight is 486 g/mol. The summed E-state index contributed by atoms with van der Waals surface area (Å²) in [6.07, 6.45) is 2.69. The maximum absolute atomic E-state index is 12.0. The summed E-state index contributed by atoms with van der Waals surface area (Å²) in [4.78, 5) is 23.9. The minimum Gasteiger partial charge on any atom is -0.506 e. The second-order valence-corrected chi connectivity index (χ2v) is 8.70. The number of benzene rings is 1. The number of piperazine rings is 1. The van der Waals surface area contributed by atoms with E-state index in [0.29, 0.717) is 28.8 Å². The monoisotopic (exact) mass is 485 g/mol. The van der Waals surface area contributed by atoms with E-state index < -0.39 is 0 Å². The molecule has 0 bridgehead atoms. The molecule has 0 radical (unpaired) electrons. The minimum absolute atomic E-state index is 0.00628. The molecule has 2 aromatic heterocycles. The Kier molecular flexibility index (Phi) is 7.28. The van der Waals surface area contributed by atoms with Crippen molar-refractivity contribution in [2.75, 3.05) is 47.0 Å². The van der Waals surface area contributed by atoms with Gasteiger partial charge in [-0.2, -0.15) is 4.98 Å². The van der Waals surface area contributed by atoms with Crippen LogP contribution >= 0.6 is 22.9 Å². The van der Waals surface area contributed by atoms with E-state index in [1.54, 1.807) is 23.5 Å². The second-order valence-electron chi connectivity index (χ2n) is 7.26. The van der Waals surface area contributed by atoms with Crippen LogP contribution in [0.25, 0.3) is 0 Å². The van der Waals surface area contributed by atoms with Gasteiger partial charge in [-0.3, -0.25) is 4.79 Å². The van der Waals surface area contributed by atoms with Gasteiger partial charge in [0.15, 0.2) is 5.82 Å². The molecule has 11 heteroatoms. The fraction of sp³-hybridized carbons (Fsp3) is 0.227. The maximum atomic E-state index is 12.0. The molecule has 1 aromatic carbocycles. The van der Waals surface area contributed by atoms with Crippen molar-refractivity contribution < 1.29 is 9.90 Å². The van der Waals surface area contributed by atoms with Crippen LogP contribution in [0.2, 0.25) is 5.02 Å². The molecule has 1 aliphatic rings. The Bertz CT molecular complexity index is 1130. The van der Waals surface area contributed by atoms with Gasteiger partial charge >= 0.3 is 0 Å². The second kappa shape index (κ2) is 10.5. The van der Waals surface area contributed by atoms with Gasteiger partial charge in [0.2, 0.25) is 11.9 Å². The Morgan fingerprint density at radius 3 is 2.88 bits per heavy atom. The lowest BCUT2D eigenvalue weighted by Gasteiger charge is -2.31. The number of nitrogens with one attached hydrogen (secondary N) is 4. The van der Waals surface area contributed by atoms with Crippen molar-refractivity contribution in [2.24, 2.45) is 0 Å². The molecular weight excluding hydrogens is 462 g/mol. The Morgan fingerprint density at radius 2 is 2.15 bits per heavy atom. The number of carbonyl (C=O) groups is 1. The summed E-state index contributed by atoms with van der Waals surface area (Å²) < 4.78 is 0. The summed E-state index contributed by atoms with van der Waals surface area (Å²) in [7, 11) is 0. The van der Waals surface area contributed by atoms with Crippen LogP contribution in [0.1, 0.15) is 4.88 Å². The predicted molar refractivity (Wildman–Crippen MR) is 134 cm³/mol. The number of phenolic OH excluding ortho intramolecular Hbond substituents is 1. The van der Waals surface area contributed by atoms with Gasteiger partial charge in [-0.05, 0) is 23.6 Å². The SMILES string of the molecule is C=CC(=O)Nc1cc(Nc2ncc(Cl)c(NCc3cccs3)n2)c(O)cc1N1CCNCC1. The molecule has 5 N–H and O–H groups in total. The van der Waals surface area contributed by atoms with E-state index in [9.17, 15) is 9.90 Å². The van der Waals surface area contributed by atoms with Crippen molar-refractivity contribution in [3.05, 3.63) is 58.4 Å². The molecule has 3 aromatic rings. The Hall–Kier alpha value is -3.34. The zero-order valence-corrected chi connectivity index (χ0v) is 19.3. The number of aromatic hydroxyl groups is 1. The van der Waals surface area contributed by atoms with Crippen LogP contribution in [0.4, 0.5) is 28.8 Å². The number of thiophene rings is 1. The molecule has 172 valence electrons. The van der Waals surface area contributed by atoms with Gasteiger partial charge < -0.3 is 31.3 Å². The number of carbonyl (C=O) groups excluding carboxylic acids is 1. The van der Waals surface area contributed by atoms with Gasteiger partial charge in [0, 0.05) is 37.1 Å². The number of rotatable bonds is 8. The fourth-order valence-corrected chi connectivity index (χ4v) is 4.19. The zero-order chi connectivity index (χ0) is 23.2. The molecule has 1 saturated heterocycles. The standard InChI is InChI=1S/C22H24ClN7O2S/c1-2-20(32)27-16-10-17(19(31)11-18(16)30-7-5-24-6-8-30)28-22-26-13-15(23)21(29-22)25-12-14-4-3-9-33-14/h2-4,9-11,13,24,31H,1,5-8,12H2,(H,27,32)(H2,25,26,28,29). The summed E-state index contributed by atoms with van der Waals surface area (Å²) in [6.45, 7) is 7.24. The molecule has 0 aliphatic carbocycles. The third-order valence-corrected chi connectivity index (χ3v) is 6.17. The number of aromatic nitrogens is 2. The molecule has 4 rings (SSSR count). The van der Waals surface area contributed by atoms with Crippen molar-refractivity contribution in [1.82, 2.24) is 15.3 Å². The Labute approximate surface area is 200 Å². The first-order chi connectivity index (χ1) is 16.0. The van der Waals surface area contributed by atoms with Crippen LogP contribution < -0.4 is 26.2 Å². The minimum atomic E-state index is -0.342. The van der Waals surface area contributed by atoms with Crippen molar-refractivity contribution in [3.63, 3.8) is 0 Å². The molecule has 0 unspecified atom stereocenters. The molecule has 1 aliphatic heterocycles. The summed E-state index contributed by atoms with van der Waals surface area (Å²) in [6, 6.07) is 7.28. The molecule has 0 atom stereocenters. The molecule has 1 fully saturated rings. The number of hydrogen-bond donors (Lipinski definition) is 5. The molecule has 0 saturated carbocycles. The quantitative estimate of drug-likeness (QED) is 0.186. The lowest BCUT2D eigenvalue weighted by atomic mass is 10.1. The van der Waals surface area contributed by atoms with Gasteiger partial charge in [-0.15, -0.1) is 11.3 Å². The highest BCUT2D eigenvalue weighted by Gasteiger charge is 2.19. The van der Waals surface area contributed by atoms with E-state index >= 15 is 0 Å². The predicted octanol–water partition coefficient (Wildman–Crippen LogP) is 3.79. The number of nitrogens with zero attached hydrogens (tertiary/aromatic N) is 3. The van der Waals surface area contributed by atoms with Crippen molar-refractivity contribution in [3.8, 4) is 5.75 Å². The van der Waals surface area contributed by atoms with Crippen LogP contribution in [0.15, 0.2) is 48.5 Å². The molecule has 1 amide bonds. The van der Waals surface area contributed by atoms with Crippen LogP contribution in [0, 0.1) is 0 Å². The largest absolute Gasteiger partial charge is 0.506 e. The highest BCUT2D eigenvalue weighted by molar-refractivity contribution is 7.09. The number of hydrogen-bond acceptors (Lipinski definition) is 9. The third kappa shape index (κ3) is 5.72. The van der Waals surface area contributed by atoms with Gasteiger partial charge in [-0.1, -0.05) is 24.2 Å². The van der Waals surface area contributed by atoms with Crippen LogP contribution in [0.3, 0.4) is 0 Å². The highest BCUT2D eigenvalue weighted by Crippen LogP contribution is 2.38. The molecule has 3 heterocycles. The number of phenols is 1. The normalized spacial score (nSPS) is 13.4. The van der Waals surface area contributed by atoms with Crippen molar-refractivity contribution in [2.45, 2.75) is 6.54 Å². The fourth-order valence-electron chi connectivity index (χ4n) is 3.38. The first kappa shape index (κ1) is 22.8. The van der Waals surface area contributed by atoms with Gasteiger partial charge in [0.05, 0.1) is 29.8 Å². The molecule has 9 nitrogen and oxygen atoms in total. The number of anilines is 5. The average Bonchev–Trinajstić information content (AvgIpc) is 3.35. The summed E-state index contributed by atoms with van der Waals surface area (Å²) in [5.74, 6) is 0.386. The first-order valence-electron chi connectivity index (χ1n) is 10.4. The lowest BCUT2D eigenvalue weighted by Crippen LogP contribution is -2.43. The maximum Gasteiger partial charge on any atom is 0.247 e. The highest BCUT2D eigenvalue weighted by atomic mass is 35.5. The lowest BCUT2D eigenvalue weighted by molar-refractivity contribution is -0.111. The van der Waals surface area contributed by atoms with E-state index in [1.807, 2.05) is 17.5 Å². The van der Waals surface area contributed by atoms with E-state index in [1.165, 1.54) is 12.3 Å². The summed E-state index contributed by atoms with van der Waals surface area (Å²) >= 11 is 7.88. The zero-order valence-electron chi connectivity index (χ0n) is 17.8. The smallest absolute Gasteiger partial charge is 0.247 e. The van der Waals surface area contributed by atoms with Gasteiger partial charge in [0.1, 0.15) is 10.8 Å². The first-order valence-corrected chi connectivity index (χ1v) is 11.6. The number of halogens is 1. The Balaban J connectivity index is 1.59. The van der Waals surface area contributed by atoms with Gasteiger partial charge in [0.25, 0.3) is 0 Å². The Morgan fingerprint density at radius 1 is 1.33 bits per heavy atom. The van der Waals surface area contributed by atoms with E-state index in [2.05, 4.69) is 42.7 Å². The topological polar surface area (TPSA) is 114 Å². The third-order valence-electron chi connectivity index (χ3n) is 5.02. The van der Waals surface area contributed by atoms with Gasteiger partial charge in [-0.25, -0.2) is 4.98 Å². The van der Waals surface area contributed by atoms with E-state index in [4.69, 9.17) is 11.6 Å². The van der Waals surface area contributed by atoms with Crippen LogP contribution in [0.5, 0.6) is 5.75 Å². The molecule has 0 spiro atoms. The van der Waals surface area contributed by atoms with Crippen molar-refractivity contribution >= 4 is 57.7 Å². The summed E-state index contributed by atoms with van der Waals surface area (Å²) in [5.41, 5.74) is 1.62. The van der Waals surface area contributed by atoms with E-state index in [-0.39, 0.29) is 17.6 Å². The van der Waals surface area contributed by atoms with E-state index in [0.717, 1.165) is 36.7 Å². The summed E-state index contributed by atoms with van der Waals surface area (Å²) in [5, 5.41) is 25.4. The number of amides is 1. The molecular formula is C22H24ClN7O2S. The van der Waals surface area contributed by atoms with Crippen LogP contribution in [-0.2, 0) is 11.3 Å². The van der Waals surface area contributed by atoms with Crippen molar-refractivity contribution in [1.29, 1.82) is 0 Å².